The van der Waals surface area contributed by atoms with Gasteiger partial charge in [-0.15, -0.1) is 0 Å². The van der Waals surface area contributed by atoms with Gasteiger partial charge in [0.25, 0.3) is 11.8 Å². The molecule has 4 amide bonds. The molecular formula is C26H22N2O4. The molecule has 1 saturated heterocycles. The largest absolute Gasteiger partial charge is 0.489 e. The van der Waals surface area contributed by atoms with Gasteiger partial charge in [0.2, 0.25) is 0 Å². The van der Waals surface area contributed by atoms with Gasteiger partial charge >= 0.3 is 6.03 Å². The number of amides is 4. The lowest BCUT2D eigenvalue weighted by atomic mass is 10.1. The van der Waals surface area contributed by atoms with Gasteiger partial charge in [0, 0.05) is 0 Å². The Balaban J connectivity index is 1.52. The van der Waals surface area contributed by atoms with E-state index < -0.39 is 17.8 Å². The third kappa shape index (κ3) is 4.59. The van der Waals surface area contributed by atoms with E-state index >= 15 is 0 Å². The summed E-state index contributed by atoms with van der Waals surface area (Å²) in [5.74, 6) is -0.707. The molecule has 6 heteroatoms. The number of carbonyl (C=O) groups is 3. The highest BCUT2D eigenvalue weighted by Crippen LogP contribution is 2.23. The van der Waals surface area contributed by atoms with Crippen LogP contribution in [0.5, 0.6) is 5.75 Å². The lowest BCUT2D eigenvalue weighted by Crippen LogP contribution is -2.54. The number of hydrogen-bond acceptors (Lipinski definition) is 4. The lowest BCUT2D eigenvalue weighted by Gasteiger charge is -2.26. The Labute approximate surface area is 186 Å². The van der Waals surface area contributed by atoms with Crippen LogP contribution >= 0.6 is 0 Å². The molecule has 0 spiro atoms. The number of rotatable bonds is 6. The van der Waals surface area contributed by atoms with Crippen LogP contribution in [0.25, 0.3) is 6.08 Å². The molecule has 0 unspecified atom stereocenters. The van der Waals surface area contributed by atoms with Gasteiger partial charge in [-0.1, -0.05) is 61.5 Å². The number of imide groups is 2. The van der Waals surface area contributed by atoms with Gasteiger partial charge in [-0.25, -0.2) is 9.69 Å². The van der Waals surface area contributed by atoms with Gasteiger partial charge in [0.05, 0.1) is 5.69 Å². The Kier molecular flexibility index (Phi) is 6.12. The van der Waals surface area contributed by atoms with Crippen molar-refractivity contribution in [3.63, 3.8) is 0 Å². The second-order valence-corrected chi connectivity index (χ2v) is 7.32. The molecule has 4 rings (SSSR count). The van der Waals surface area contributed by atoms with Crippen molar-refractivity contribution in [1.29, 1.82) is 0 Å². The molecule has 1 aliphatic heterocycles. The van der Waals surface area contributed by atoms with Crippen LogP contribution in [0.15, 0.2) is 84.4 Å². The highest BCUT2D eigenvalue weighted by atomic mass is 16.5. The first-order valence-corrected chi connectivity index (χ1v) is 10.3. The molecule has 6 nitrogen and oxygen atoms in total. The van der Waals surface area contributed by atoms with E-state index in [0.29, 0.717) is 23.6 Å². The van der Waals surface area contributed by atoms with Crippen molar-refractivity contribution in [2.75, 3.05) is 4.90 Å². The summed E-state index contributed by atoms with van der Waals surface area (Å²) in [6.07, 6.45) is 2.31. The Morgan fingerprint density at radius 2 is 1.53 bits per heavy atom. The number of aryl methyl sites for hydroxylation is 1. The van der Waals surface area contributed by atoms with E-state index in [1.54, 1.807) is 36.4 Å². The first-order valence-electron chi connectivity index (χ1n) is 10.3. The first-order chi connectivity index (χ1) is 15.5. The van der Waals surface area contributed by atoms with E-state index in [-0.39, 0.29) is 5.57 Å². The van der Waals surface area contributed by atoms with Gasteiger partial charge in [-0.05, 0) is 53.5 Å². The summed E-state index contributed by atoms with van der Waals surface area (Å²) >= 11 is 0. The number of ether oxygens (including phenoxy) is 1. The van der Waals surface area contributed by atoms with Crippen molar-refractivity contribution < 1.29 is 19.1 Å². The van der Waals surface area contributed by atoms with Crippen molar-refractivity contribution in [2.24, 2.45) is 0 Å². The van der Waals surface area contributed by atoms with Crippen LogP contribution in [0.1, 0.15) is 23.6 Å². The molecule has 0 saturated carbocycles. The maximum Gasteiger partial charge on any atom is 0.335 e. The molecular weight excluding hydrogens is 404 g/mol. The lowest BCUT2D eigenvalue weighted by molar-refractivity contribution is -0.122. The third-order valence-corrected chi connectivity index (χ3v) is 5.14. The summed E-state index contributed by atoms with van der Waals surface area (Å²) in [4.78, 5) is 38.6. The predicted octanol–water partition coefficient (Wildman–Crippen LogP) is 4.49. The maximum atomic E-state index is 13.0. The minimum absolute atomic E-state index is 0.109. The van der Waals surface area contributed by atoms with Crippen LogP contribution in [0, 0.1) is 0 Å². The minimum Gasteiger partial charge on any atom is -0.489 e. The Bertz CT molecular complexity index is 1170. The van der Waals surface area contributed by atoms with E-state index in [1.165, 1.54) is 6.08 Å². The van der Waals surface area contributed by atoms with E-state index in [2.05, 4.69) is 5.32 Å². The summed E-state index contributed by atoms with van der Waals surface area (Å²) in [5.41, 5.74) is 3.08. The van der Waals surface area contributed by atoms with E-state index in [9.17, 15) is 14.4 Å². The Morgan fingerprint density at radius 3 is 2.19 bits per heavy atom. The quantitative estimate of drug-likeness (QED) is 0.465. The van der Waals surface area contributed by atoms with Crippen LogP contribution in [-0.2, 0) is 22.6 Å². The van der Waals surface area contributed by atoms with Crippen molar-refractivity contribution >= 4 is 29.6 Å². The zero-order valence-corrected chi connectivity index (χ0v) is 17.6. The molecule has 3 aromatic rings. The summed E-state index contributed by atoms with van der Waals surface area (Å²) in [6, 6.07) is 23.2. The van der Waals surface area contributed by atoms with Gasteiger partial charge in [-0.3, -0.25) is 14.9 Å². The Hall–Kier alpha value is -4.19. The summed E-state index contributed by atoms with van der Waals surface area (Å²) in [7, 11) is 0. The standard InChI is InChI=1S/C26H22N2O4/c1-2-18-8-12-21(13-9-18)28-25(30)23(24(29)27-26(28)31)16-19-10-14-22(15-11-19)32-17-20-6-4-3-5-7-20/h3-16H,2,17H2,1H3,(H,27,29,31)/b23-16-. The SMILES string of the molecule is CCc1ccc(N2C(=O)NC(=O)/C(=C/c3ccc(OCc4ccccc4)cc3)C2=O)cc1. The zero-order chi connectivity index (χ0) is 22.5. The number of nitrogens with zero attached hydrogens (tertiary/aromatic N) is 1. The second-order valence-electron chi connectivity index (χ2n) is 7.32. The van der Waals surface area contributed by atoms with Crippen LogP contribution in [0.2, 0.25) is 0 Å². The predicted molar refractivity (Wildman–Crippen MR) is 122 cm³/mol. The number of hydrogen-bond donors (Lipinski definition) is 1. The smallest absolute Gasteiger partial charge is 0.335 e. The van der Waals surface area contributed by atoms with Gasteiger partial charge in [0.15, 0.2) is 0 Å². The van der Waals surface area contributed by atoms with Crippen molar-refractivity contribution in [3.8, 4) is 5.75 Å². The number of anilines is 1. The highest BCUT2D eigenvalue weighted by molar-refractivity contribution is 6.39. The zero-order valence-electron chi connectivity index (χ0n) is 17.6. The molecule has 0 aliphatic carbocycles. The Morgan fingerprint density at radius 1 is 0.844 bits per heavy atom. The second kappa shape index (κ2) is 9.31. The van der Waals surface area contributed by atoms with Crippen molar-refractivity contribution in [2.45, 2.75) is 20.0 Å². The van der Waals surface area contributed by atoms with Crippen LogP contribution in [0.4, 0.5) is 10.5 Å². The van der Waals surface area contributed by atoms with Crippen molar-refractivity contribution in [1.82, 2.24) is 5.32 Å². The molecule has 1 aliphatic rings. The molecule has 1 heterocycles. The molecule has 3 aromatic carbocycles. The molecule has 1 fully saturated rings. The molecule has 0 radical (unpaired) electrons. The average Bonchev–Trinajstić information content (AvgIpc) is 2.82. The minimum atomic E-state index is -0.758. The van der Waals surface area contributed by atoms with Gasteiger partial charge < -0.3 is 4.74 Å². The summed E-state index contributed by atoms with van der Waals surface area (Å²) in [5, 5.41) is 2.24. The van der Waals surface area contributed by atoms with E-state index in [0.717, 1.165) is 22.4 Å². The fourth-order valence-corrected chi connectivity index (χ4v) is 3.34. The number of barbiturate groups is 1. The molecule has 1 N–H and O–H groups in total. The van der Waals surface area contributed by atoms with Crippen LogP contribution < -0.4 is 15.0 Å². The number of benzene rings is 3. The summed E-state index contributed by atoms with van der Waals surface area (Å²) < 4.78 is 5.77. The molecule has 0 bridgehead atoms. The monoisotopic (exact) mass is 426 g/mol. The fourth-order valence-electron chi connectivity index (χ4n) is 3.34. The molecule has 0 aromatic heterocycles. The average molecular weight is 426 g/mol. The van der Waals surface area contributed by atoms with Crippen molar-refractivity contribution in [3.05, 3.63) is 101 Å². The normalized spacial score (nSPS) is 15.1. The topological polar surface area (TPSA) is 75.7 Å². The highest BCUT2D eigenvalue weighted by Gasteiger charge is 2.36. The number of urea groups is 1. The molecule has 32 heavy (non-hydrogen) atoms. The number of nitrogens with one attached hydrogen (secondary N) is 1. The van der Waals surface area contributed by atoms with Crippen LogP contribution in [-0.4, -0.2) is 17.8 Å². The third-order valence-electron chi connectivity index (χ3n) is 5.14. The van der Waals surface area contributed by atoms with Gasteiger partial charge in [-0.2, -0.15) is 0 Å². The molecule has 0 atom stereocenters. The van der Waals surface area contributed by atoms with E-state index in [4.69, 9.17) is 4.74 Å². The fraction of sp³-hybridized carbons (Fsp3) is 0.115. The maximum absolute atomic E-state index is 13.0. The van der Waals surface area contributed by atoms with Crippen LogP contribution in [0.3, 0.4) is 0 Å². The van der Waals surface area contributed by atoms with E-state index in [1.807, 2.05) is 49.4 Å². The summed E-state index contributed by atoms with van der Waals surface area (Å²) in [6.45, 7) is 2.46. The van der Waals surface area contributed by atoms with Gasteiger partial charge in [0.1, 0.15) is 17.9 Å². The number of carbonyl (C=O) groups excluding carboxylic acids is 3. The molecule has 160 valence electrons. The first kappa shape index (κ1) is 21.1.